The van der Waals surface area contributed by atoms with E-state index in [-0.39, 0.29) is 11.8 Å². The van der Waals surface area contributed by atoms with E-state index < -0.39 is 0 Å². The molecule has 0 aliphatic heterocycles. The first-order chi connectivity index (χ1) is 16.0. The van der Waals surface area contributed by atoms with Crippen LogP contribution in [0.1, 0.15) is 56.0 Å². The fourth-order valence-electron chi connectivity index (χ4n) is 4.06. The Labute approximate surface area is 199 Å². The van der Waals surface area contributed by atoms with E-state index in [4.69, 9.17) is 14.2 Å². The summed E-state index contributed by atoms with van der Waals surface area (Å²) in [5, 5.41) is 6.56. The maximum atomic E-state index is 13.3. The molecule has 0 fully saturated rings. The fraction of sp³-hybridized carbons (Fsp3) is 0.440. The Morgan fingerprint density at radius 1 is 1.12 bits per heavy atom. The highest BCUT2D eigenvalue weighted by atomic mass is 32.1. The minimum absolute atomic E-state index is 0.152. The van der Waals surface area contributed by atoms with E-state index in [1.807, 2.05) is 0 Å². The Balaban J connectivity index is 1.90. The molecule has 2 aromatic rings. The highest BCUT2D eigenvalue weighted by Gasteiger charge is 2.27. The molecule has 3 rings (SSSR count). The fourth-order valence-corrected chi connectivity index (χ4v) is 5.34. The summed E-state index contributed by atoms with van der Waals surface area (Å²) < 4.78 is 16.0. The van der Waals surface area contributed by atoms with E-state index in [1.54, 1.807) is 32.4 Å². The minimum Gasteiger partial charge on any atom is -0.493 e. The van der Waals surface area contributed by atoms with Gasteiger partial charge in [0.05, 0.1) is 19.8 Å². The second-order valence-electron chi connectivity index (χ2n) is 7.84. The second-order valence-corrected chi connectivity index (χ2v) is 8.94. The molecule has 0 saturated carbocycles. The van der Waals surface area contributed by atoms with Gasteiger partial charge in [0, 0.05) is 36.3 Å². The van der Waals surface area contributed by atoms with Gasteiger partial charge in [-0.3, -0.25) is 9.59 Å². The number of fused-ring (bicyclic) bond motifs is 1. The molecule has 1 aliphatic rings. The number of hydrogen-bond donors (Lipinski definition) is 2. The molecule has 1 heterocycles. The van der Waals surface area contributed by atoms with Crippen LogP contribution in [0.4, 0.5) is 5.00 Å². The van der Waals surface area contributed by atoms with Crippen LogP contribution in [0.2, 0.25) is 0 Å². The molecule has 0 bridgehead atoms. The van der Waals surface area contributed by atoms with Gasteiger partial charge in [0.15, 0.2) is 11.5 Å². The number of anilines is 1. The van der Waals surface area contributed by atoms with E-state index in [0.29, 0.717) is 47.2 Å². The molecule has 0 spiro atoms. The summed E-state index contributed by atoms with van der Waals surface area (Å²) in [6.07, 6.45) is 6.93. The summed E-state index contributed by atoms with van der Waals surface area (Å²) in [5.41, 5.74) is 2.89. The molecule has 0 atom stereocenters. The highest BCUT2D eigenvalue weighted by Crippen LogP contribution is 2.39. The van der Waals surface area contributed by atoms with Crippen LogP contribution in [-0.4, -0.2) is 46.3 Å². The third kappa shape index (κ3) is 5.75. The van der Waals surface area contributed by atoms with Gasteiger partial charge in [-0.05, 0) is 56.2 Å². The normalized spacial score (nSPS) is 12.6. The van der Waals surface area contributed by atoms with Crippen LogP contribution in [0, 0.1) is 0 Å². The molecule has 0 unspecified atom stereocenters. The monoisotopic (exact) mass is 472 g/mol. The summed E-state index contributed by atoms with van der Waals surface area (Å²) in [6, 6.07) is 3.43. The number of aryl methyl sites for hydroxylation is 1. The zero-order chi connectivity index (χ0) is 23.8. The number of amides is 2. The first-order valence-corrected chi connectivity index (χ1v) is 11.9. The van der Waals surface area contributed by atoms with Crippen LogP contribution in [0.3, 0.4) is 0 Å². The minimum atomic E-state index is -0.298. The Morgan fingerprint density at radius 2 is 1.91 bits per heavy atom. The average Bonchev–Trinajstić information content (AvgIpc) is 3.19. The van der Waals surface area contributed by atoms with Crippen LogP contribution in [0.5, 0.6) is 11.5 Å². The second kappa shape index (κ2) is 11.9. The first-order valence-electron chi connectivity index (χ1n) is 11.1. The van der Waals surface area contributed by atoms with E-state index in [0.717, 1.165) is 43.2 Å². The van der Waals surface area contributed by atoms with Crippen molar-refractivity contribution in [3.63, 3.8) is 0 Å². The van der Waals surface area contributed by atoms with Crippen molar-refractivity contribution in [2.24, 2.45) is 0 Å². The number of hydrogen-bond acceptors (Lipinski definition) is 6. The van der Waals surface area contributed by atoms with Crippen molar-refractivity contribution in [3.05, 3.63) is 51.9 Å². The number of allylic oxidation sites excluding steroid dienone is 1. The Hall–Kier alpha value is -2.84. The van der Waals surface area contributed by atoms with Crippen molar-refractivity contribution in [2.45, 2.75) is 38.5 Å². The first kappa shape index (κ1) is 24.8. The molecule has 178 valence electrons. The van der Waals surface area contributed by atoms with Crippen LogP contribution in [-0.2, 0) is 24.0 Å². The van der Waals surface area contributed by atoms with Gasteiger partial charge in [0.2, 0.25) is 0 Å². The maximum absolute atomic E-state index is 13.3. The molecule has 1 aromatic carbocycles. The molecular weight excluding hydrogens is 440 g/mol. The number of thiophene rings is 1. The van der Waals surface area contributed by atoms with Crippen LogP contribution >= 0.6 is 11.3 Å². The van der Waals surface area contributed by atoms with Crippen LogP contribution in [0.25, 0.3) is 0 Å². The van der Waals surface area contributed by atoms with Crippen molar-refractivity contribution in [1.82, 2.24) is 5.32 Å². The van der Waals surface area contributed by atoms with Crippen LogP contribution < -0.4 is 20.1 Å². The van der Waals surface area contributed by atoms with Gasteiger partial charge in [-0.1, -0.05) is 6.08 Å². The lowest BCUT2D eigenvalue weighted by Gasteiger charge is -2.15. The molecule has 1 aliphatic carbocycles. The number of carbonyl (C=O) groups is 2. The predicted molar refractivity (Wildman–Crippen MR) is 131 cm³/mol. The molecular formula is C25H32N2O5S. The van der Waals surface area contributed by atoms with Gasteiger partial charge in [0.25, 0.3) is 11.8 Å². The topological polar surface area (TPSA) is 85.9 Å². The summed E-state index contributed by atoms with van der Waals surface area (Å²) in [5.74, 6) is 0.606. The standard InChI is InChI=1S/C25H32N2O5S/c1-5-9-16-14-17(15-19(31-3)22(16)32-4)23(28)27-25-21(24(29)26-12-8-13-30-2)18-10-6-7-11-20(18)33-25/h5,14-15H,1,6-13H2,2-4H3,(H,26,29)(H,27,28). The molecule has 7 nitrogen and oxygen atoms in total. The molecule has 0 radical (unpaired) electrons. The van der Waals surface area contributed by atoms with Gasteiger partial charge >= 0.3 is 0 Å². The van der Waals surface area contributed by atoms with Crippen molar-refractivity contribution < 1.29 is 23.8 Å². The summed E-state index contributed by atoms with van der Waals surface area (Å²) >= 11 is 1.50. The molecule has 0 saturated heterocycles. The lowest BCUT2D eigenvalue weighted by molar-refractivity contribution is 0.0948. The number of ether oxygens (including phenoxy) is 3. The molecule has 8 heteroatoms. The average molecular weight is 473 g/mol. The van der Waals surface area contributed by atoms with E-state index in [9.17, 15) is 9.59 Å². The van der Waals surface area contributed by atoms with Gasteiger partial charge in [0.1, 0.15) is 5.00 Å². The van der Waals surface area contributed by atoms with Gasteiger partial charge < -0.3 is 24.8 Å². The Bertz CT molecular complexity index is 1010. The Kier molecular flexibility index (Phi) is 8.91. The molecule has 2 N–H and O–H groups in total. The van der Waals surface area contributed by atoms with Gasteiger partial charge in [-0.15, -0.1) is 17.9 Å². The zero-order valence-corrected chi connectivity index (χ0v) is 20.4. The lowest BCUT2D eigenvalue weighted by atomic mass is 9.95. The largest absolute Gasteiger partial charge is 0.493 e. The Morgan fingerprint density at radius 3 is 2.61 bits per heavy atom. The smallest absolute Gasteiger partial charge is 0.256 e. The number of rotatable bonds is 11. The van der Waals surface area contributed by atoms with Crippen LogP contribution in [0.15, 0.2) is 24.8 Å². The lowest BCUT2D eigenvalue weighted by Crippen LogP contribution is -2.27. The van der Waals surface area contributed by atoms with Crippen molar-refractivity contribution in [3.8, 4) is 11.5 Å². The zero-order valence-electron chi connectivity index (χ0n) is 19.5. The predicted octanol–water partition coefficient (Wildman–Crippen LogP) is 4.39. The summed E-state index contributed by atoms with van der Waals surface area (Å²) in [6.45, 7) is 4.89. The summed E-state index contributed by atoms with van der Waals surface area (Å²) in [7, 11) is 4.74. The third-order valence-corrected chi connectivity index (χ3v) is 6.83. The number of nitrogens with one attached hydrogen (secondary N) is 2. The maximum Gasteiger partial charge on any atom is 0.256 e. The SMILES string of the molecule is C=CCc1cc(C(=O)Nc2sc3c(c2C(=O)NCCCOC)CCCC3)cc(OC)c1OC. The highest BCUT2D eigenvalue weighted by molar-refractivity contribution is 7.17. The molecule has 2 amide bonds. The van der Waals surface area contributed by atoms with Crippen molar-refractivity contribution in [1.29, 1.82) is 0 Å². The number of carbonyl (C=O) groups excluding carboxylic acids is 2. The third-order valence-electron chi connectivity index (χ3n) is 5.62. The summed E-state index contributed by atoms with van der Waals surface area (Å²) in [4.78, 5) is 27.5. The van der Waals surface area contributed by atoms with E-state index in [1.165, 1.54) is 23.3 Å². The number of methoxy groups -OCH3 is 3. The van der Waals surface area contributed by atoms with Crippen molar-refractivity contribution in [2.75, 3.05) is 39.8 Å². The quantitative estimate of drug-likeness (QED) is 0.374. The van der Waals surface area contributed by atoms with Crippen molar-refractivity contribution >= 4 is 28.2 Å². The van der Waals surface area contributed by atoms with E-state index in [2.05, 4.69) is 17.2 Å². The number of benzene rings is 1. The molecule has 33 heavy (non-hydrogen) atoms. The van der Waals surface area contributed by atoms with E-state index >= 15 is 0 Å². The van der Waals surface area contributed by atoms with Gasteiger partial charge in [-0.2, -0.15) is 0 Å². The van der Waals surface area contributed by atoms with Gasteiger partial charge in [-0.25, -0.2) is 0 Å². The molecule has 1 aromatic heterocycles.